The third kappa shape index (κ3) is 4.55. The van der Waals surface area contributed by atoms with Gasteiger partial charge in [0.2, 0.25) is 11.8 Å². The number of hydrogen-bond donors (Lipinski definition) is 2. The molecule has 2 aromatic rings. The first-order chi connectivity index (χ1) is 11.6. The maximum Gasteiger partial charge on any atom is 0.238 e. The summed E-state index contributed by atoms with van der Waals surface area (Å²) < 4.78 is 5.81. The van der Waals surface area contributed by atoms with Crippen molar-refractivity contribution < 1.29 is 9.53 Å². The van der Waals surface area contributed by atoms with Crippen molar-refractivity contribution in [1.82, 2.24) is 10.3 Å². The monoisotopic (exact) mass is 325 g/mol. The molecule has 1 aromatic heterocycles. The Labute approximate surface area is 142 Å². The Morgan fingerprint density at radius 2 is 2.08 bits per heavy atom. The SMILES string of the molecule is Cc1cccc(Oc2ccc(NC(=O)CNCC3CC3)cn2)c1C. The van der Waals surface area contributed by atoms with Gasteiger partial charge in [0.25, 0.3) is 0 Å². The summed E-state index contributed by atoms with van der Waals surface area (Å²) in [5, 5.41) is 5.99. The lowest BCUT2D eigenvalue weighted by atomic mass is 10.1. The van der Waals surface area contributed by atoms with Gasteiger partial charge in [-0.3, -0.25) is 4.79 Å². The summed E-state index contributed by atoms with van der Waals surface area (Å²) in [5.41, 5.74) is 2.94. The van der Waals surface area contributed by atoms with Crippen molar-refractivity contribution in [3.05, 3.63) is 47.7 Å². The number of nitrogens with one attached hydrogen (secondary N) is 2. The third-order valence-electron chi connectivity index (χ3n) is 4.21. The molecule has 0 radical (unpaired) electrons. The summed E-state index contributed by atoms with van der Waals surface area (Å²) in [6, 6.07) is 9.49. The second-order valence-electron chi connectivity index (χ2n) is 6.31. The smallest absolute Gasteiger partial charge is 0.238 e. The van der Waals surface area contributed by atoms with Crippen LogP contribution < -0.4 is 15.4 Å². The lowest BCUT2D eigenvalue weighted by Crippen LogP contribution is -2.29. The Bertz CT molecular complexity index is 709. The van der Waals surface area contributed by atoms with Gasteiger partial charge in [-0.2, -0.15) is 0 Å². The van der Waals surface area contributed by atoms with Gasteiger partial charge in [0.1, 0.15) is 5.75 Å². The van der Waals surface area contributed by atoms with Gasteiger partial charge < -0.3 is 15.4 Å². The molecule has 1 heterocycles. The highest BCUT2D eigenvalue weighted by Crippen LogP contribution is 2.27. The molecule has 0 atom stereocenters. The van der Waals surface area contributed by atoms with Crippen LogP contribution in [0.3, 0.4) is 0 Å². The predicted molar refractivity (Wildman–Crippen MR) is 94.5 cm³/mol. The molecule has 1 aromatic carbocycles. The summed E-state index contributed by atoms with van der Waals surface area (Å²) in [7, 11) is 0. The number of benzene rings is 1. The second-order valence-corrected chi connectivity index (χ2v) is 6.31. The van der Waals surface area contributed by atoms with E-state index in [4.69, 9.17) is 4.74 Å². The van der Waals surface area contributed by atoms with Gasteiger partial charge in [-0.25, -0.2) is 4.98 Å². The maximum atomic E-state index is 11.8. The zero-order chi connectivity index (χ0) is 16.9. The van der Waals surface area contributed by atoms with Gasteiger partial charge in [0, 0.05) is 6.07 Å². The minimum atomic E-state index is -0.0550. The van der Waals surface area contributed by atoms with Gasteiger partial charge >= 0.3 is 0 Å². The van der Waals surface area contributed by atoms with E-state index >= 15 is 0 Å². The highest BCUT2D eigenvalue weighted by molar-refractivity contribution is 5.92. The minimum Gasteiger partial charge on any atom is -0.439 e. The molecule has 5 heteroatoms. The van der Waals surface area contributed by atoms with Gasteiger partial charge in [0.15, 0.2) is 0 Å². The number of carbonyl (C=O) groups is 1. The average molecular weight is 325 g/mol. The average Bonchev–Trinajstić information content (AvgIpc) is 3.38. The van der Waals surface area contributed by atoms with Crippen LogP contribution in [-0.4, -0.2) is 24.0 Å². The Hall–Kier alpha value is -2.40. The van der Waals surface area contributed by atoms with Crippen molar-refractivity contribution in [2.24, 2.45) is 5.92 Å². The van der Waals surface area contributed by atoms with Crippen LogP contribution in [0.2, 0.25) is 0 Å². The first kappa shape index (κ1) is 16.5. The fraction of sp³-hybridized carbons (Fsp3) is 0.368. The molecule has 0 saturated heterocycles. The largest absolute Gasteiger partial charge is 0.439 e. The Morgan fingerprint density at radius 1 is 1.25 bits per heavy atom. The number of aromatic nitrogens is 1. The molecule has 0 aliphatic heterocycles. The highest BCUT2D eigenvalue weighted by Gasteiger charge is 2.20. The standard InChI is InChI=1S/C19H23N3O2/c1-13-4-3-5-17(14(13)2)24-19-9-8-16(11-21-19)22-18(23)12-20-10-15-6-7-15/h3-5,8-9,11,15,20H,6-7,10,12H2,1-2H3,(H,22,23). The molecule has 2 N–H and O–H groups in total. The molecule has 0 spiro atoms. The van der Waals surface area contributed by atoms with Crippen LogP contribution in [0.15, 0.2) is 36.5 Å². The van der Waals surface area contributed by atoms with E-state index in [1.165, 1.54) is 18.4 Å². The molecule has 1 aliphatic rings. The molecule has 24 heavy (non-hydrogen) atoms. The number of rotatable bonds is 7. The van der Waals surface area contributed by atoms with E-state index in [9.17, 15) is 4.79 Å². The Kier molecular flexibility index (Phi) is 5.11. The van der Waals surface area contributed by atoms with Gasteiger partial charge in [-0.05, 0) is 62.4 Å². The molecule has 5 nitrogen and oxygen atoms in total. The number of hydrogen-bond acceptors (Lipinski definition) is 4. The zero-order valence-electron chi connectivity index (χ0n) is 14.1. The summed E-state index contributed by atoms with van der Waals surface area (Å²) in [6.07, 6.45) is 4.17. The summed E-state index contributed by atoms with van der Waals surface area (Å²) in [4.78, 5) is 16.1. The summed E-state index contributed by atoms with van der Waals surface area (Å²) in [6.45, 7) is 5.32. The van der Waals surface area contributed by atoms with Crippen molar-refractivity contribution in [2.45, 2.75) is 26.7 Å². The zero-order valence-corrected chi connectivity index (χ0v) is 14.1. The van der Waals surface area contributed by atoms with E-state index in [0.29, 0.717) is 18.1 Å². The summed E-state index contributed by atoms with van der Waals surface area (Å²) in [5.74, 6) is 2.01. The van der Waals surface area contributed by atoms with Crippen LogP contribution in [0.25, 0.3) is 0 Å². The first-order valence-corrected chi connectivity index (χ1v) is 8.32. The number of aryl methyl sites for hydroxylation is 1. The topological polar surface area (TPSA) is 63.2 Å². The van der Waals surface area contributed by atoms with Gasteiger partial charge in [-0.15, -0.1) is 0 Å². The third-order valence-corrected chi connectivity index (χ3v) is 4.21. The maximum absolute atomic E-state index is 11.8. The molecule has 1 aliphatic carbocycles. The van der Waals surface area contributed by atoms with Crippen LogP contribution in [0.5, 0.6) is 11.6 Å². The van der Waals surface area contributed by atoms with Crippen LogP contribution in [0.4, 0.5) is 5.69 Å². The molecule has 1 amide bonds. The number of ether oxygens (including phenoxy) is 1. The van der Waals surface area contributed by atoms with Crippen LogP contribution in [0.1, 0.15) is 24.0 Å². The molecular formula is C19H23N3O2. The van der Waals surface area contributed by atoms with Crippen LogP contribution in [-0.2, 0) is 4.79 Å². The lowest BCUT2D eigenvalue weighted by Gasteiger charge is -2.10. The Morgan fingerprint density at radius 3 is 2.79 bits per heavy atom. The number of anilines is 1. The van der Waals surface area contributed by atoms with E-state index in [1.54, 1.807) is 18.3 Å². The predicted octanol–water partition coefficient (Wildman–Crippen LogP) is 3.43. The van der Waals surface area contributed by atoms with Crippen molar-refractivity contribution in [1.29, 1.82) is 0 Å². The van der Waals surface area contributed by atoms with E-state index in [0.717, 1.165) is 23.8 Å². The summed E-state index contributed by atoms with van der Waals surface area (Å²) >= 11 is 0. The molecule has 0 bridgehead atoms. The number of nitrogens with zero attached hydrogens (tertiary/aromatic N) is 1. The highest BCUT2D eigenvalue weighted by atomic mass is 16.5. The first-order valence-electron chi connectivity index (χ1n) is 8.32. The molecule has 0 unspecified atom stereocenters. The van der Waals surface area contributed by atoms with Crippen LogP contribution in [0, 0.1) is 19.8 Å². The Balaban J connectivity index is 1.52. The van der Waals surface area contributed by atoms with Crippen molar-refractivity contribution >= 4 is 11.6 Å². The normalized spacial score (nSPS) is 13.6. The number of carbonyl (C=O) groups excluding carboxylic acids is 1. The van der Waals surface area contributed by atoms with E-state index in [-0.39, 0.29) is 5.91 Å². The van der Waals surface area contributed by atoms with Crippen LogP contribution >= 0.6 is 0 Å². The molecule has 1 saturated carbocycles. The van der Waals surface area contributed by atoms with Crippen molar-refractivity contribution in [3.63, 3.8) is 0 Å². The van der Waals surface area contributed by atoms with E-state index in [1.807, 2.05) is 32.0 Å². The quantitative estimate of drug-likeness (QED) is 0.818. The fourth-order valence-corrected chi connectivity index (χ4v) is 2.38. The minimum absolute atomic E-state index is 0.0550. The number of pyridine rings is 1. The molecule has 3 rings (SSSR count). The van der Waals surface area contributed by atoms with E-state index in [2.05, 4.69) is 15.6 Å². The van der Waals surface area contributed by atoms with Crippen molar-refractivity contribution in [3.8, 4) is 11.6 Å². The molecule has 126 valence electrons. The van der Waals surface area contributed by atoms with Gasteiger partial charge in [-0.1, -0.05) is 12.1 Å². The van der Waals surface area contributed by atoms with Gasteiger partial charge in [0.05, 0.1) is 18.4 Å². The van der Waals surface area contributed by atoms with E-state index < -0.39 is 0 Å². The number of amides is 1. The second kappa shape index (κ2) is 7.45. The molecular weight excluding hydrogens is 302 g/mol. The lowest BCUT2D eigenvalue weighted by molar-refractivity contribution is -0.115. The van der Waals surface area contributed by atoms with Crippen molar-refractivity contribution in [2.75, 3.05) is 18.4 Å². The molecule has 1 fully saturated rings. The fourth-order valence-electron chi connectivity index (χ4n) is 2.38.